The lowest BCUT2D eigenvalue weighted by Gasteiger charge is -2.56. The SMILES string of the molecule is CCNS(=O)(=O)c1ccc(C(=O)NCC23CC4CC(CC(C4)C2)C3)cc1. The minimum absolute atomic E-state index is 0.104. The van der Waals surface area contributed by atoms with E-state index in [-0.39, 0.29) is 10.8 Å². The van der Waals surface area contributed by atoms with Gasteiger partial charge in [0, 0.05) is 18.7 Å². The first-order valence-corrected chi connectivity index (χ1v) is 11.3. The lowest BCUT2D eigenvalue weighted by atomic mass is 9.49. The van der Waals surface area contributed by atoms with Crippen LogP contribution in [0, 0.1) is 23.2 Å². The molecule has 0 aliphatic heterocycles. The summed E-state index contributed by atoms with van der Waals surface area (Å²) in [5.74, 6) is 2.50. The van der Waals surface area contributed by atoms with Crippen LogP contribution in [0.5, 0.6) is 0 Å². The lowest BCUT2D eigenvalue weighted by molar-refractivity contribution is -0.0503. The first-order chi connectivity index (χ1) is 12.4. The standard InChI is InChI=1S/C20H28N2O3S/c1-2-22-26(24,25)18-5-3-17(4-6-18)19(23)21-13-20-10-14-7-15(11-20)9-16(8-14)12-20/h3-6,14-16,22H,2,7-13H2,1H3,(H,21,23). The van der Waals surface area contributed by atoms with E-state index in [2.05, 4.69) is 10.0 Å². The largest absolute Gasteiger partial charge is 0.351 e. The molecule has 4 bridgehead atoms. The van der Waals surface area contributed by atoms with Gasteiger partial charge in [0.15, 0.2) is 0 Å². The summed E-state index contributed by atoms with van der Waals surface area (Å²) in [7, 11) is -3.48. The Morgan fingerprint density at radius 3 is 2.08 bits per heavy atom. The lowest BCUT2D eigenvalue weighted by Crippen LogP contribution is -2.51. The summed E-state index contributed by atoms with van der Waals surface area (Å²) >= 11 is 0. The van der Waals surface area contributed by atoms with E-state index in [0.717, 1.165) is 24.3 Å². The molecule has 0 aromatic heterocycles. The molecule has 1 amide bonds. The van der Waals surface area contributed by atoms with Gasteiger partial charge in [0.25, 0.3) is 5.91 Å². The maximum atomic E-state index is 12.5. The summed E-state index contributed by atoms with van der Waals surface area (Å²) in [6, 6.07) is 6.19. The number of sulfonamides is 1. The number of nitrogens with one attached hydrogen (secondary N) is 2. The molecule has 142 valence electrons. The van der Waals surface area contributed by atoms with Crippen LogP contribution in [-0.2, 0) is 10.0 Å². The predicted octanol–water partition coefficient (Wildman–Crippen LogP) is 2.93. The van der Waals surface area contributed by atoms with Crippen molar-refractivity contribution in [1.82, 2.24) is 10.0 Å². The van der Waals surface area contributed by atoms with E-state index < -0.39 is 10.0 Å². The van der Waals surface area contributed by atoms with Gasteiger partial charge in [-0.05, 0) is 86.0 Å². The number of hydrogen-bond donors (Lipinski definition) is 2. The quantitative estimate of drug-likeness (QED) is 0.801. The van der Waals surface area contributed by atoms with Gasteiger partial charge in [0.05, 0.1) is 4.90 Å². The van der Waals surface area contributed by atoms with E-state index in [4.69, 9.17) is 0 Å². The van der Waals surface area contributed by atoms with Gasteiger partial charge in [-0.15, -0.1) is 0 Å². The zero-order chi connectivity index (χ0) is 18.4. The number of rotatable bonds is 6. The van der Waals surface area contributed by atoms with Crippen molar-refractivity contribution in [2.75, 3.05) is 13.1 Å². The van der Waals surface area contributed by atoms with Crippen LogP contribution in [-0.4, -0.2) is 27.4 Å². The third-order valence-corrected chi connectivity index (χ3v) is 8.11. The highest BCUT2D eigenvalue weighted by Crippen LogP contribution is 2.59. The van der Waals surface area contributed by atoms with Gasteiger partial charge in [0.1, 0.15) is 0 Å². The molecular weight excluding hydrogens is 348 g/mol. The Balaban J connectivity index is 1.40. The number of amides is 1. The number of carbonyl (C=O) groups is 1. The molecule has 6 heteroatoms. The normalized spacial score (nSPS) is 32.6. The minimum atomic E-state index is -3.48. The van der Waals surface area contributed by atoms with Gasteiger partial charge in [-0.2, -0.15) is 0 Å². The summed E-state index contributed by atoms with van der Waals surface area (Å²) in [6.07, 6.45) is 7.98. The van der Waals surface area contributed by atoms with Gasteiger partial charge in [-0.1, -0.05) is 6.92 Å². The second-order valence-electron chi connectivity index (χ2n) is 8.63. The van der Waals surface area contributed by atoms with Crippen molar-refractivity contribution in [1.29, 1.82) is 0 Å². The average Bonchev–Trinajstić information content (AvgIpc) is 2.59. The monoisotopic (exact) mass is 376 g/mol. The van der Waals surface area contributed by atoms with Crippen LogP contribution in [0.1, 0.15) is 55.8 Å². The van der Waals surface area contributed by atoms with Crippen molar-refractivity contribution in [3.63, 3.8) is 0 Å². The molecule has 1 aromatic rings. The second-order valence-corrected chi connectivity index (χ2v) is 10.4. The molecule has 0 unspecified atom stereocenters. The highest BCUT2D eigenvalue weighted by atomic mass is 32.2. The van der Waals surface area contributed by atoms with Gasteiger partial charge in [0.2, 0.25) is 10.0 Å². The topological polar surface area (TPSA) is 75.3 Å². The Hall–Kier alpha value is -1.40. The summed E-state index contributed by atoms with van der Waals surface area (Å²) in [5.41, 5.74) is 0.823. The average molecular weight is 377 g/mol. The van der Waals surface area contributed by atoms with Crippen molar-refractivity contribution in [2.45, 2.75) is 50.3 Å². The molecule has 4 aliphatic rings. The Labute approximate surface area is 156 Å². The molecule has 0 radical (unpaired) electrons. The molecule has 5 rings (SSSR count). The fourth-order valence-electron chi connectivity index (χ4n) is 5.94. The molecule has 0 atom stereocenters. The van der Waals surface area contributed by atoms with Gasteiger partial charge in [-0.25, -0.2) is 13.1 Å². The highest BCUT2D eigenvalue weighted by molar-refractivity contribution is 7.89. The maximum absolute atomic E-state index is 12.5. The van der Waals surface area contributed by atoms with Gasteiger partial charge < -0.3 is 5.32 Å². The van der Waals surface area contributed by atoms with Crippen molar-refractivity contribution >= 4 is 15.9 Å². The second kappa shape index (κ2) is 6.64. The fourth-order valence-corrected chi connectivity index (χ4v) is 6.98. The molecule has 4 saturated carbocycles. The number of benzene rings is 1. The summed E-state index contributed by atoms with van der Waals surface area (Å²) < 4.78 is 26.4. The fraction of sp³-hybridized carbons (Fsp3) is 0.650. The molecule has 2 N–H and O–H groups in total. The molecule has 4 aliphatic carbocycles. The summed E-state index contributed by atoms with van der Waals surface area (Å²) in [6.45, 7) is 2.84. The maximum Gasteiger partial charge on any atom is 0.251 e. The highest BCUT2D eigenvalue weighted by Gasteiger charge is 2.50. The van der Waals surface area contributed by atoms with Crippen molar-refractivity contribution in [3.8, 4) is 0 Å². The van der Waals surface area contributed by atoms with E-state index >= 15 is 0 Å². The van der Waals surface area contributed by atoms with Gasteiger partial charge in [-0.3, -0.25) is 4.79 Å². The van der Waals surface area contributed by atoms with Crippen LogP contribution >= 0.6 is 0 Å². The Morgan fingerprint density at radius 1 is 1.04 bits per heavy atom. The summed E-state index contributed by atoms with van der Waals surface area (Å²) in [5, 5.41) is 3.14. The number of carbonyl (C=O) groups excluding carboxylic acids is 1. The van der Waals surface area contributed by atoms with E-state index in [1.807, 2.05) is 0 Å². The predicted molar refractivity (Wildman–Crippen MR) is 100 cm³/mol. The van der Waals surface area contributed by atoms with E-state index in [9.17, 15) is 13.2 Å². The van der Waals surface area contributed by atoms with Crippen LogP contribution in [0.3, 0.4) is 0 Å². The van der Waals surface area contributed by atoms with E-state index in [1.54, 1.807) is 19.1 Å². The third kappa shape index (κ3) is 3.41. The Bertz CT molecular complexity index is 750. The molecule has 0 spiro atoms. The third-order valence-electron chi connectivity index (χ3n) is 6.55. The Morgan fingerprint density at radius 2 is 1.58 bits per heavy atom. The van der Waals surface area contributed by atoms with Crippen molar-refractivity contribution in [3.05, 3.63) is 29.8 Å². The van der Waals surface area contributed by atoms with Crippen molar-refractivity contribution in [2.24, 2.45) is 23.2 Å². The molecule has 26 heavy (non-hydrogen) atoms. The molecule has 4 fully saturated rings. The van der Waals surface area contributed by atoms with Gasteiger partial charge >= 0.3 is 0 Å². The van der Waals surface area contributed by atoms with Crippen LogP contribution in [0.25, 0.3) is 0 Å². The molecule has 1 aromatic carbocycles. The number of hydrogen-bond acceptors (Lipinski definition) is 3. The first-order valence-electron chi connectivity index (χ1n) is 9.77. The molecule has 0 heterocycles. The zero-order valence-corrected chi connectivity index (χ0v) is 16.1. The van der Waals surface area contributed by atoms with Crippen LogP contribution < -0.4 is 10.0 Å². The van der Waals surface area contributed by atoms with Crippen LogP contribution in [0.2, 0.25) is 0 Å². The molecular formula is C20H28N2O3S. The minimum Gasteiger partial charge on any atom is -0.351 e. The van der Waals surface area contributed by atoms with Crippen LogP contribution in [0.15, 0.2) is 29.2 Å². The van der Waals surface area contributed by atoms with E-state index in [0.29, 0.717) is 17.5 Å². The Kier molecular flexibility index (Phi) is 4.59. The van der Waals surface area contributed by atoms with Crippen molar-refractivity contribution < 1.29 is 13.2 Å². The van der Waals surface area contributed by atoms with Crippen LogP contribution in [0.4, 0.5) is 0 Å². The molecule has 5 nitrogen and oxygen atoms in total. The smallest absolute Gasteiger partial charge is 0.251 e. The van der Waals surface area contributed by atoms with E-state index in [1.165, 1.54) is 50.7 Å². The molecule has 0 saturated heterocycles. The first kappa shape index (κ1) is 18.0. The zero-order valence-electron chi connectivity index (χ0n) is 15.3. The summed E-state index contributed by atoms with van der Waals surface area (Å²) in [4.78, 5) is 12.7.